The SMILES string of the molecule is CC.CC.CCNCc1c2c(nc3cc4c(cc13)OCO4)-c1cc3c(c(=O)n1C2)COC(=O)C3OC. The largest absolute Gasteiger partial charge is 0.458 e. The van der Waals surface area contributed by atoms with Crippen molar-refractivity contribution in [2.75, 3.05) is 20.4 Å². The zero-order valence-electron chi connectivity index (χ0n) is 21.7. The molecular formula is C27H33N3O6. The van der Waals surface area contributed by atoms with Gasteiger partial charge in [-0.1, -0.05) is 34.6 Å². The molecule has 0 saturated heterocycles. The van der Waals surface area contributed by atoms with E-state index in [0.29, 0.717) is 41.4 Å². The Bertz CT molecular complexity index is 1360. The lowest BCUT2D eigenvalue weighted by molar-refractivity contribution is -0.159. The third-order valence-electron chi connectivity index (χ3n) is 6.33. The summed E-state index contributed by atoms with van der Waals surface area (Å²) < 4.78 is 23.4. The molecule has 3 aliphatic heterocycles. The van der Waals surface area contributed by atoms with Crippen LogP contribution in [0.4, 0.5) is 0 Å². The second kappa shape index (κ2) is 10.7. The van der Waals surface area contributed by atoms with E-state index in [1.54, 1.807) is 4.57 Å². The summed E-state index contributed by atoms with van der Waals surface area (Å²) in [6.45, 7) is 12.0. The van der Waals surface area contributed by atoms with Crippen LogP contribution in [0.15, 0.2) is 23.0 Å². The van der Waals surface area contributed by atoms with Gasteiger partial charge in [0.15, 0.2) is 17.6 Å². The Kier molecular flexibility index (Phi) is 7.61. The third kappa shape index (κ3) is 4.02. The molecule has 1 N–H and O–H groups in total. The molecule has 1 unspecified atom stereocenters. The van der Waals surface area contributed by atoms with E-state index in [1.165, 1.54) is 7.11 Å². The van der Waals surface area contributed by atoms with Crippen molar-refractivity contribution in [1.29, 1.82) is 0 Å². The molecule has 0 aliphatic carbocycles. The first-order chi connectivity index (χ1) is 17.6. The molecule has 3 aromatic rings. The lowest BCUT2D eigenvalue weighted by atomic mass is 9.98. The van der Waals surface area contributed by atoms with E-state index < -0.39 is 12.1 Å². The van der Waals surface area contributed by atoms with Crippen molar-refractivity contribution in [3.63, 3.8) is 0 Å². The number of aromatic nitrogens is 2. The van der Waals surface area contributed by atoms with Crippen LogP contribution < -0.4 is 20.3 Å². The molecule has 6 rings (SSSR count). The highest BCUT2D eigenvalue weighted by Crippen LogP contribution is 2.42. The van der Waals surface area contributed by atoms with Gasteiger partial charge in [0.25, 0.3) is 5.56 Å². The van der Waals surface area contributed by atoms with Gasteiger partial charge in [-0.2, -0.15) is 0 Å². The van der Waals surface area contributed by atoms with E-state index in [0.717, 1.165) is 34.3 Å². The molecule has 36 heavy (non-hydrogen) atoms. The smallest absolute Gasteiger partial charge is 0.340 e. The minimum Gasteiger partial charge on any atom is -0.458 e. The molecule has 0 amide bonds. The molecule has 5 heterocycles. The summed E-state index contributed by atoms with van der Waals surface area (Å²) in [6, 6.07) is 5.68. The lowest BCUT2D eigenvalue weighted by Crippen LogP contribution is -2.33. The second-order valence-corrected chi connectivity index (χ2v) is 8.00. The monoisotopic (exact) mass is 495 g/mol. The Morgan fingerprint density at radius 2 is 1.78 bits per heavy atom. The van der Waals surface area contributed by atoms with E-state index in [9.17, 15) is 9.59 Å². The van der Waals surface area contributed by atoms with Crippen molar-refractivity contribution in [1.82, 2.24) is 14.9 Å². The van der Waals surface area contributed by atoms with E-state index in [-0.39, 0.29) is 19.0 Å². The fourth-order valence-electron chi connectivity index (χ4n) is 4.76. The van der Waals surface area contributed by atoms with E-state index >= 15 is 0 Å². The predicted octanol–water partition coefficient (Wildman–Crippen LogP) is 4.06. The number of nitrogens with one attached hydrogen (secondary N) is 1. The third-order valence-corrected chi connectivity index (χ3v) is 6.33. The number of cyclic esters (lactones) is 1. The molecule has 1 aromatic carbocycles. The highest BCUT2D eigenvalue weighted by Gasteiger charge is 2.36. The number of fused-ring (bicyclic) bond motifs is 6. The number of benzene rings is 1. The van der Waals surface area contributed by atoms with Gasteiger partial charge in [-0.05, 0) is 24.2 Å². The maximum Gasteiger partial charge on any atom is 0.340 e. The van der Waals surface area contributed by atoms with Crippen LogP contribution in [0, 0.1) is 0 Å². The summed E-state index contributed by atoms with van der Waals surface area (Å²) in [5.41, 5.74) is 5.05. The summed E-state index contributed by atoms with van der Waals surface area (Å²) >= 11 is 0. The van der Waals surface area contributed by atoms with Gasteiger partial charge in [0, 0.05) is 36.2 Å². The molecule has 9 heteroatoms. The Balaban J connectivity index is 0.000000726. The zero-order valence-corrected chi connectivity index (χ0v) is 21.7. The normalized spacial score (nSPS) is 16.2. The van der Waals surface area contributed by atoms with Gasteiger partial charge in [0.2, 0.25) is 6.79 Å². The number of ether oxygens (including phenoxy) is 4. The van der Waals surface area contributed by atoms with Crippen molar-refractivity contribution < 1.29 is 23.7 Å². The van der Waals surface area contributed by atoms with E-state index in [1.807, 2.05) is 52.8 Å². The van der Waals surface area contributed by atoms with Crippen molar-refractivity contribution >= 4 is 16.9 Å². The van der Waals surface area contributed by atoms with Crippen LogP contribution in [-0.2, 0) is 34.0 Å². The van der Waals surface area contributed by atoms with Gasteiger partial charge in [0.1, 0.15) is 6.61 Å². The van der Waals surface area contributed by atoms with Crippen LogP contribution in [0.5, 0.6) is 11.5 Å². The van der Waals surface area contributed by atoms with Gasteiger partial charge in [-0.3, -0.25) is 4.79 Å². The number of hydrogen-bond donors (Lipinski definition) is 1. The Labute approximate surface area is 210 Å². The average molecular weight is 496 g/mol. The summed E-state index contributed by atoms with van der Waals surface area (Å²) in [5.74, 6) is 0.857. The first-order valence-corrected chi connectivity index (χ1v) is 12.5. The highest BCUT2D eigenvalue weighted by molar-refractivity contribution is 5.91. The summed E-state index contributed by atoms with van der Waals surface area (Å²) in [5, 5.41) is 4.37. The average Bonchev–Trinajstić information content (AvgIpc) is 3.52. The molecule has 192 valence electrons. The number of pyridine rings is 2. The van der Waals surface area contributed by atoms with Crippen molar-refractivity contribution in [3.05, 3.63) is 50.8 Å². The molecule has 0 bridgehead atoms. The summed E-state index contributed by atoms with van der Waals surface area (Å²) in [7, 11) is 1.43. The number of nitrogens with zero attached hydrogens (tertiary/aromatic N) is 2. The minimum absolute atomic E-state index is 0.0511. The van der Waals surface area contributed by atoms with Gasteiger partial charge in [0.05, 0.1) is 29.0 Å². The molecule has 2 aromatic heterocycles. The number of carbonyl (C=O) groups excluding carboxylic acids is 1. The van der Waals surface area contributed by atoms with Crippen LogP contribution in [0.2, 0.25) is 0 Å². The van der Waals surface area contributed by atoms with Crippen LogP contribution >= 0.6 is 0 Å². The van der Waals surface area contributed by atoms with Crippen LogP contribution in [0.1, 0.15) is 63.0 Å². The maximum atomic E-state index is 13.4. The summed E-state index contributed by atoms with van der Waals surface area (Å²) in [6.07, 6.45) is -0.920. The highest BCUT2D eigenvalue weighted by atomic mass is 16.7. The Hall–Kier alpha value is -3.43. The van der Waals surface area contributed by atoms with Gasteiger partial charge < -0.3 is 28.8 Å². The minimum atomic E-state index is -0.920. The Morgan fingerprint density at radius 3 is 2.47 bits per heavy atom. The lowest BCUT2D eigenvalue weighted by Gasteiger charge is -2.24. The van der Waals surface area contributed by atoms with Crippen LogP contribution in [0.25, 0.3) is 22.3 Å². The zero-order chi connectivity index (χ0) is 26.0. The fourth-order valence-corrected chi connectivity index (χ4v) is 4.76. The van der Waals surface area contributed by atoms with Gasteiger partial charge >= 0.3 is 5.97 Å². The van der Waals surface area contributed by atoms with Gasteiger partial charge in [-0.25, -0.2) is 9.78 Å². The molecule has 9 nitrogen and oxygen atoms in total. The number of carbonyl (C=O) groups is 1. The maximum absolute atomic E-state index is 13.4. The van der Waals surface area contributed by atoms with Crippen molar-refractivity contribution in [2.45, 2.75) is 60.4 Å². The fraction of sp³-hybridized carbons (Fsp3) is 0.444. The number of esters is 1. The van der Waals surface area contributed by atoms with Crippen molar-refractivity contribution in [3.8, 4) is 22.9 Å². The van der Waals surface area contributed by atoms with E-state index in [4.69, 9.17) is 23.9 Å². The molecule has 0 spiro atoms. The van der Waals surface area contributed by atoms with Crippen molar-refractivity contribution in [2.24, 2.45) is 0 Å². The molecule has 1 atom stereocenters. The quantitative estimate of drug-likeness (QED) is 0.423. The summed E-state index contributed by atoms with van der Waals surface area (Å²) in [4.78, 5) is 30.5. The van der Waals surface area contributed by atoms with Crippen LogP contribution in [-0.4, -0.2) is 36.0 Å². The molecule has 0 radical (unpaired) electrons. The number of hydrogen-bond acceptors (Lipinski definition) is 8. The first kappa shape index (κ1) is 25.7. The molecule has 0 fully saturated rings. The number of methoxy groups -OCH3 is 1. The molecular weight excluding hydrogens is 462 g/mol. The Morgan fingerprint density at radius 1 is 1.06 bits per heavy atom. The topological polar surface area (TPSA) is 101 Å². The van der Waals surface area contributed by atoms with Crippen LogP contribution in [0.3, 0.4) is 0 Å². The second-order valence-electron chi connectivity index (χ2n) is 8.00. The predicted molar refractivity (Wildman–Crippen MR) is 136 cm³/mol. The number of rotatable bonds is 4. The van der Waals surface area contributed by atoms with Gasteiger partial charge in [-0.15, -0.1) is 0 Å². The first-order valence-electron chi connectivity index (χ1n) is 12.5. The van der Waals surface area contributed by atoms with E-state index in [2.05, 4.69) is 5.32 Å². The standard InChI is InChI=1S/C23H21N3O6.2C2H6/c1-3-24-7-13-11-5-18-19(32-10-31-18)6-16(11)25-20-14(13)8-26-17(20)4-12-15(22(26)27)9-30-23(28)21(12)29-2;2*1-2/h4-6,21,24H,3,7-10H2,1-2H3;2*1-2H3. The molecule has 0 saturated carbocycles. The molecule has 3 aliphatic rings.